The topological polar surface area (TPSA) is 202 Å². The van der Waals surface area contributed by atoms with Crippen LogP contribution in [0.15, 0.2) is 151 Å². The molecule has 0 radical (unpaired) electrons. The fraction of sp³-hybridized carbons (Fsp3) is 0.123. The molecule has 8 aromatic carbocycles. The number of hydrogen-bond acceptors (Lipinski definition) is 10. The fourth-order valence-electron chi connectivity index (χ4n) is 10.2. The Morgan fingerprint density at radius 1 is 0.418 bits per heavy atom. The number of aromatic hydroxyl groups is 10. The first-order chi connectivity index (χ1) is 32.3. The molecule has 0 saturated heterocycles. The lowest BCUT2D eigenvalue weighted by atomic mass is 9.65. The molecule has 334 valence electrons. The molecule has 0 aliphatic heterocycles. The smallest absolute Gasteiger partial charge is 0.157 e. The van der Waals surface area contributed by atoms with Crippen molar-refractivity contribution in [1.29, 1.82) is 0 Å². The van der Waals surface area contributed by atoms with Crippen LogP contribution in [-0.2, 0) is 31.1 Å². The summed E-state index contributed by atoms with van der Waals surface area (Å²) < 4.78 is 0. The SMILES string of the molecule is Oc1ccc(Cc2cc(C3(c4ccc5c(Cc6ccc(O)c(O)c6)c(O)c(Cc6ccc(O)c(O)c6)cc5c4)C4=C(CCC=C4)c4ccccc43)cc(Cc3ccc(O)c(O)c3)c2O)cc1O. The summed E-state index contributed by atoms with van der Waals surface area (Å²) in [5.41, 5.74) is 9.92. The lowest BCUT2D eigenvalue weighted by Crippen LogP contribution is -2.30. The fourth-order valence-corrected chi connectivity index (χ4v) is 10.2. The zero-order valence-electron chi connectivity index (χ0n) is 36.1. The molecule has 8 aromatic rings. The highest BCUT2D eigenvalue weighted by Gasteiger charge is 2.48. The largest absolute Gasteiger partial charge is 0.507 e. The molecule has 0 heterocycles. The van der Waals surface area contributed by atoms with Crippen LogP contribution in [0.1, 0.15) is 79.6 Å². The van der Waals surface area contributed by atoms with E-state index in [2.05, 4.69) is 36.4 Å². The third kappa shape index (κ3) is 7.42. The number of phenolic OH excluding ortho intramolecular Hbond substituents is 10. The van der Waals surface area contributed by atoms with Crippen molar-refractivity contribution >= 4 is 16.3 Å². The summed E-state index contributed by atoms with van der Waals surface area (Å²) in [6.45, 7) is 0. The molecule has 10 heteroatoms. The van der Waals surface area contributed by atoms with Crippen LogP contribution in [0.25, 0.3) is 16.3 Å². The monoisotopic (exact) mass is 890 g/mol. The Labute approximate surface area is 385 Å². The van der Waals surface area contributed by atoms with Gasteiger partial charge in [0.05, 0.1) is 5.41 Å². The van der Waals surface area contributed by atoms with Gasteiger partial charge in [-0.2, -0.15) is 0 Å². The van der Waals surface area contributed by atoms with Crippen molar-refractivity contribution in [2.24, 2.45) is 0 Å². The van der Waals surface area contributed by atoms with Gasteiger partial charge < -0.3 is 51.1 Å². The maximum absolute atomic E-state index is 12.2. The van der Waals surface area contributed by atoms with Crippen LogP contribution in [-0.4, -0.2) is 51.1 Å². The summed E-state index contributed by atoms with van der Waals surface area (Å²) in [5, 5.41) is 108. The summed E-state index contributed by atoms with van der Waals surface area (Å²) in [7, 11) is 0. The lowest BCUT2D eigenvalue weighted by molar-refractivity contribution is 0.403. The van der Waals surface area contributed by atoms with Crippen LogP contribution in [0, 0.1) is 0 Å². The minimum absolute atomic E-state index is 0.0162. The van der Waals surface area contributed by atoms with Crippen molar-refractivity contribution in [2.45, 2.75) is 43.9 Å². The third-order valence-electron chi connectivity index (χ3n) is 13.4. The predicted molar refractivity (Wildman–Crippen MR) is 256 cm³/mol. The molecule has 2 aliphatic rings. The van der Waals surface area contributed by atoms with Gasteiger partial charge in [-0.3, -0.25) is 0 Å². The zero-order valence-corrected chi connectivity index (χ0v) is 36.1. The number of hydrogen-bond donors (Lipinski definition) is 10. The van der Waals surface area contributed by atoms with Crippen molar-refractivity contribution in [3.8, 4) is 57.5 Å². The number of benzene rings is 8. The maximum atomic E-state index is 12.2. The maximum Gasteiger partial charge on any atom is 0.157 e. The van der Waals surface area contributed by atoms with Crippen molar-refractivity contribution in [3.05, 3.63) is 218 Å². The molecule has 0 spiro atoms. The van der Waals surface area contributed by atoms with E-state index in [1.165, 1.54) is 54.1 Å². The van der Waals surface area contributed by atoms with Crippen molar-refractivity contribution < 1.29 is 51.1 Å². The second-order valence-electron chi connectivity index (χ2n) is 17.6. The number of rotatable bonds is 10. The van der Waals surface area contributed by atoms with E-state index in [1.54, 1.807) is 24.3 Å². The molecule has 0 bridgehead atoms. The van der Waals surface area contributed by atoms with Gasteiger partial charge >= 0.3 is 0 Å². The molecule has 10 nitrogen and oxygen atoms in total. The Morgan fingerprint density at radius 2 is 0.910 bits per heavy atom. The van der Waals surface area contributed by atoms with Gasteiger partial charge in [0.25, 0.3) is 0 Å². The summed E-state index contributed by atoms with van der Waals surface area (Å²) in [4.78, 5) is 0. The van der Waals surface area contributed by atoms with E-state index in [9.17, 15) is 51.1 Å². The minimum Gasteiger partial charge on any atom is -0.507 e. The van der Waals surface area contributed by atoms with E-state index in [0.29, 0.717) is 44.5 Å². The van der Waals surface area contributed by atoms with E-state index in [1.807, 2.05) is 36.4 Å². The second kappa shape index (κ2) is 16.5. The van der Waals surface area contributed by atoms with E-state index < -0.39 is 5.41 Å². The zero-order chi connectivity index (χ0) is 46.7. The normalized spacial score (nSPS) is 15.2. The molecule has 2 aliphatic carbocycles. The second-order valence-corrected chi connectivity index (χ2v) is 17.6. The average Bonchev–Trinajstić information content (AvgIpc) is 3.62. The molecular formula is C57H46O10. The highest BCUT2D eigenvalue weighted by molar-refractivity contribution is 5.93. The summed E-state index contributed by atoms with van der Waals surface area (Å²) in [6, 6.07) is 38.7. The molecule has 1 unspecified atom stereocenters. The van der Waals surface area contributed by atoms with Gasteiger partial charge in [-0.25, -0.2) is 0 Å². The Balaban J connectivity index is 1.24. The van der Waals surface area contributed by atoms with Crippen LogP contribution in [0.5, 0.6) is 57.5 Å². The molecule has 10 rings (SSSR count). The van der Waals surface area contributed by atoms with Crippen LogP contribution < -0.4 is 0 Å². The molecule has 0 aromatic heterocycles. The van der Waals surface area contributed by atoms with Gasteiger partial charge in [-0.15, -0.1) is 0 Å². The number of phenols is 10. The van der Waals surface area contributed by atoms with Gasteiger partial charge in [-0.05, 0) is 157 Å². The first-order valence-electron chi connectivity index (χ1n) is 21.9. The van der Waals surface area contributed by atoms with Crippen molar-refractivity contribution in [2.75, 3.05) is 0 Å². The van der Waals surface area contributed by atoms with E-state index in [0.717, 1.165) is 51.4 Å². The first kappa shape index (κ1) is 42.5. The van der Waals surface area contributed by atoms with Gasteiger partial charge in [0.2, 0.25) is 0 Å². The van der Waals surface area contributed by atoms with Crippen LogP contribution in [0.4, 0.5) is 0 Å². The van der Waals surface area contributed by atoms with Crippen LogP contribution in [0.2, 0.25) is 0 Å². The average molecular weight is 891 g/mol. The first-order valence-corrected chi connectivity index (χ1v) is 21.9. The molecule has 10 N–H and O–H groups in total. The molecule has 0 saturated carbocycles. The van der Waals surface area contributed by atoms with E-state index in [-0.39, 0.29) is 83.2 Å². The van der Waals surface area contributed by atoms with Gasteiger partial charge in [0.15, 0.2) is 46.0 Å². The molecule has 0 fully saturated rings. The minimum atomic E-state index is -0.980. The lowest BCUT2D eigenvalue weighted by Gasteiger charge is -2.36. The quantitative estimate of drug-likeness (QED) is 0.0589. The molecular weight excluding hydrogens is 845 g/mol. The van der Waals surface area contributed by atoms with Crippen LogP contribution in [0.3, 0.4) is 0 Å². The third-order valence-corrected chi connectivity index (χ3v) is 13.4. The Bertz CT molecular complexity index is 3310. The highest BCUT2D eigenvalue weighted by atomic mass is 16.3. The Morgan fingerprint density at radius 3 is 1.43 bits per heavy atom. The summed E-state index contributed by atoms with van der Waals surface area (Å²) in [6.07, 6.45) is 6.76. The standard InChI is InChI=1S/C57H46O10/c58-47-15-9-31(23-51(47)62)19-36-27-35-28-39(13-14-41(35)44(56(36)67)22-34-12-18-50(61)54(65)26-34)57(45-7-3-1-5-42(45)43-6-2-4-8-46(43)57)40-29-37(20-32-10-16-48(59)52(63)24-32)55(66)38(30-40)21-33-11-17-49(60)53(64)25-33/h1,3-5,7-18,23-30,58-67H,2,6,19-22H2. The Hall–Kier alpha value is -8.50. The van der Waals surface area contributed by atoms with Crippen LogP contribution >= 0.6 is 0 Å². The molecule has 67 heavy (non-hydrogen) atoms. The predicted octanol–water partition coefficient (Wildman–Crippen LogP) is 10.7. The Kier molecular flexibility index (Phi) is 10.4. The summed E-state index contributed by atoms with van der Waals surface area (Å²) in [5.74, 6) is -2.18. The number of allylic oxidation sites excluding steroid dienone is 4. The van der Waals surface area contributed by atoms with Gasteiger partial charge in [0, 0.05) is 31.2 Å². The molecule has 1 atom stereocenters. The summed E-state index contributed by atoms with van der Waals surface area (Å²) >= 11 is 0. The van der Waals surface area contributed by atoms with E-state index >= 15 is 0 Å². The number of fused-ring (bicyclic) bond motifs is 3. The van der Waals surface area contributed by atoms with E-state index in [4.69, 9.17) is 0 Å². The van der Waals surface area contributed by atoms with Crippen molar-refractivity contribution in [1.82, 2.24) is 0 Å². The van der Waals surface area contributed by atoms with Gasteiger partial charge in [-0.1, -0.05) is 84.9 Å². The molecule has 0 amide bonds. The van der Waals surface area contributed by atoms with Crippen molar-refractivity contribution in [3.63, 3.8) is 0 Å². The van der Waals surface area contributed by atoms with Gasteiger partial charge in [0.1, 0.15) is 11.5 Å². The highest BCUT2D eigenvalue weighted by Crippen LogP contribution is 2.58.